The number of benzene rings is 1. The van der Waals surface area contributed by atoms with E-state index in [1.165, 1.54) is 0 Å². The van der Waals surface area contributed by atoms with E-state index in [0.717, 1.165) is 39.4 Å². The number of nitrogens with one attached hydrogen (secondary N) is 1. The fourth-order valence-electron chi connectivity index (χ4n) is 1.63. The van der Waals surface area contributed by atoms with Gasteiger partial charge in [0, 0.05) is 5.69 Å². The van der Waals surface area contributed by atoms with Crippen LogP contribution in [0.2, 0.25) is 0 Å². The first-order valence-electron chi connectivity index (χ1n) is 6.17. The highest BCUT2D eigenvalue weighted by Gasteiger charge is 2.10. The van der Waals surface area contributed by atoms with Gasteiger partial charge in [-0.05, 0) is 31.0 Å². The Bertz CT molecular complexity index is 729. The smallest absolute Gasteiger partial charge is 0.291 e. The van der Waals surface area contributed by atoms with Crippen LogP contribution in [-0.2, 0) is 4.79 Å². The Labute approximate surface area is 125 Å². The van der Waals surface area contributed by atoms with Crippen LogP contribution >= 0.6 is 11.8 Å². The van der Waals surface area contributed by atoms with Gasteiger partial charge < -0.3 is 11.2 Å². The normalized spacial score (nSPS) is 10.4. The summed E-state index contributed by atoms with van der Waals surface area (Å²) >= 11 is 1.05. The van der Waals surface area contributed by atoms with Crippen LogP contribution in [0.3, 0.4) is 0 Å². The predicted molar refractivity (Wildman–Crippen MR) is 81.7 cm³/mol. The molecule has 1 aromatic heterocycles. The van der Waals surface area contributed by atoms with E-state index in [1.54, 1.807) is 0 Å². The third-order valence-corrected chi connectivity index (χ3v) is 3.91. The Kier molecular flexibility index (Phi) is 4.59. The number of thioether (sulfide) groups is 1. The largest absolute Gasteiger partial charge is 0.334 e. The van der Waals surface area contributed by atoms with Gasteiger partial charge in [-0.3, -0.25) is 9.59 Å². The molecule has 0 radical (unpaired) electrons. The molecule has 8 heteroatoms. The molecule has 0 unspecified atom stereocenters. The Morgan fingerprint density at radius 1 is 1.43 bits per heavy atom. The van der Waals surface area contributed by atoms with Crippen LogP contribution in [-0.4, -0.2) is 26.5 Å². The zero-order valence-electron chi connectivity index (χ0n) is 11.7. The molecule has 1 amide bonds. The second kappa shape index (κ2) is 6.40. The molecular weight excluding hydrogens is 290 g/mol. The summed E-state index contributed by atoms with van der Waals surface area (Å²) in [7, 11) is 0. The summed E-state index contributed by atoms with van der Waals surface area (Å²) in [4.78, 5) is 23.2. The van der Waals surface area contributed by atoms with Crippen LogP contribution in [0.4, 0.5) is 5.69 Å². The maximum Gasteiger partial charge on any atom is 0.291 e. The van der Waals surface area contributed by atoms with Gasteiger partial charge in [0.05, 0.1) is 5.75 Å². The average molecular weight is 305 g/mol. The number of aromatic nitrogens is 3. The Hall–Kier alpha value is -2.35. The van der Waals surface area contributed by atoms with Crippen molar-refractivity contribution in [2.45, 2.75) is 19.0 Å². The molecule has 0 atom stereocenters. The lowest BCUT2D eigenvalue weighted by atomic mass is 10.1. The highest BCUT2D eigenvalue weighted by Crippen LogP contribution is 2.19. The molecule has 0 bridgehead atoms. The molecule has 0 aliphatic heterocycles. The van der Waals surface area contributed by atoms with Crippen molar-refractivity contribution in [3.05, 3.63) is 45.9 Å². The molecule has 2 aromatic rings. The molecule has 0 saturated heterocycles. The maximum atomic E-state index is 11.9. The summed E-state index contributed by atoms with van der Waals surface area (Å²) in [6, 6.07) is 5.70. The molecule has 0 spiro atoms. The van der Waals surface area contributed by atoms with Crippen molar-refractivity contribution in [2.75, 3.05) is 16.9 Å². The van der Waals surface area contributed by atoms with Crippen LogP contribution in [0.25, 0.3) is 0 Å². The zero-order valence-corrected chi connectivity index (χ0v) is 12.5. The van der Waals surface area contributed by atoms with E-state index in [9.17, 15) is 9.59 Å². The predicted octanol–water partition coefficient (Wildman–Crippen LogP) is 0.700. The molecule has 0 fully saturated rings. The number of amides is 1. The summed E-state index contributed by atoms with van der Waals surface area (Å²) < 4.78 is 0.864. The van der Waals surface area contributed by atoms with Gasteiger partial charge in [0.1, 0.15) is 6.20 Å². The molecule has 0 saturated carbocycles. The van der Waals surface area contributed by atoms with Gasteiger partial charge >= 0.3 is 0 Å². The van der Waals surface area contributed by atoms with E-state index < -0.39 is 5.56 Å². The summed E-state index contributed by atoms with van der Waals surface area (Å²) in [6.07, 6.45) is 1.01. The van der Waals surface area contributed by atoms with Gasteiger partial charge in [0.15, 0.2) is 0 Å². The highest BCUT2D eigenvalue weighted by molar-refractivity contribution is 7.99. The minimum atomic E-state index is -0.470. The topological polar surface area (TPSA) is 103 Å². The third kappa shape index (κ3) is 3.60. The quantitative estimate of drug-likeness (QED) is 0.636. The SMILES string of the molecule is Cc1cccc(NC(=O)CSc2nncc(=O)n2N)c1C. The van der Waals surface area contributed by atoms with E-state index in [2.05, 4.69) is 15.5 Å². The molecule has 110 valence electrons. The molecule has 2 rings (SSSR count). The average Bonchev–Trinajstić information content (AvgIpc) is 2.45. The van der Waals surface area contributed by atoms with Crippen LogP contribution in [0.15, 0.2) is 34.3 Å². The lowest BCUT2D eigenvalue weighted by Crippen LogP contribution is -2.30. The minimum Gasteiger partial charge on any atom is -0.334 e. The standard InChI is InChI=1S/C13H15N5O2S/c1-8-4-3-5-10(9(8)2)16-11(19)7-21-13-17-15-6-12(20)18(13)14/h3-6H,7,14H2,1-2H3,(H,16,19). The summed E-state index contributed by atoms with van der Waals surface area (Å²) in [5.74, 6) is 5.40. The van der Waals surface area contributed by atoms with Crippen LogP contribution < -0.4 is 16.7 Å². The zero-order chi connectivity index (χ0) is 15.4. The number of rotatable bonds is 4. The summed E-state index contributed by atoms with van der Waals surface area (Å²) in [6.45, 7) is 3.92. The number of hydrogen-bond acceptors (Lipinski definition) is 6. The first-order valence-corrected chi connectivity index (χ1v) is 7.16. The molecule has 0 aliphatic carbocycles. The van der Waals surface area contributed by atoms with Crippen molar-refractivity contribution >= 4 is 23.4 Å². The summed E-state index contributed by atoms with van der Waals surface area (Å²) in [5.41, 5.74) is 2.42. The van der Waals surface area contributed by atoms with Crippen LogP contribution in [0.1, 0.15) is 11.1 Å². The van der Waals surface area contributed by atoms with Gasteiger partial charge in [-0.15, -0.1) is 5.10 Å². The molecule has 21 heavy (non-hydrogen) atoms. The van der Waals surface area contributed by atoms with Crippen molar-refractivity contribution in [3.63, 3.8) is 0 Å². The monoisotopic (exact) mass is 305 g/mol. The molecular formula is C13H15N5O2S. The van der Waals surface area contributed by atoms with Gasteiger partial charge in [0.25, 0.3) is 5.56 Å². The fraction of sp³-hybridized carbons (Fsp3) is 0.231. The number of nitrogens with two attached hydrogens (primary N) is 1. The van der Waals surface area contributed by atoms with Gasteiger partial charge in [-0.2, -0.15) is 9.77 Å². The number of carbonyl (C=O) groups excluding carboxylic acids is 1. The maximum absolute atomic E-state index is 11.9. The van der Waals surface area contributed by atoms with Crippen molar-refractivity contribution in [1.82, 2.24) is 14.9 Å². The number of carbonyl (C=O) groups is 1. The second-order valence-corrected chi connectivity index (χ2v) is 5.36. The molecule has 1 heterocycles. The van der Waals surface area contributed by atoms with E-state index in [1.807, 2.05) is 32.0 Å². The highest BCUT2D eigenvalue weighted by atomic mass is 32.2. The van der Waals surface area contributed by atoms with E-state index in [4.69, 9.17) is 5.84 Å². The van der Waals surface area contributed by atoms with Crippen molar-refractivity contribution < 1.29 is 4.79 Å². The molecule has 1 aromatic carbocycles. The van der Waals surface area contributed by atoms with E-state index in [0.29, 0.717) is 0 Å². The number of aryl methyl sites for hydroxylation is 1. The summed E-state index contributed by atoms with van der Waals surface area (Å²) in [5, 5.41) is 10.2. The Morgan fingerprint density at radius 3 is 2.95 bits per heavy atom. The number of hydrogen-bond donors (Lipinski definition) is 2. The van der Waals surface area contributed by atoms with Crippen molar-refractivity contribution in [3.8, 4) is 0 Å². The number of anilines is 1. The van der Waals surface area contributed by atoms with Gasteiger partial charge in [0.2, 0.25) is 11.1 Å². The molecule has 3 N–H and O–H groups in total. The first-order chi connectivity index (χ1) is 9.99. The lowest BCUT2D eigenvalue weighted by molar-refractivity contribution is -0.113. The van der Waals surface area contributed by atoms with Crippen molar-refractivity contribution in [2.24, 2.45) is 0 Å². The second-order valence-electron chi connectivity index (χ2n) is 4.42. The van der Waals surface area contributed by atoms with Crippen LogP contribution in [0, 0.1) is 13.8 Å². The molecule has 7 nitrogen and oxygen atoms in total. The Morgan fingerprint density at radius 2 is 2.19 bits per heavy atom. The molecule has 0 aliphatic rings. The lowest BCUT2D eigenvalue weighted by Gasteiger charge is -2.10. The first kappa shape index (κ1) is 15.0. The number of nitrogen functional groups attached to an aromatic ring is 1. The van der Waals surface area contributed by atoms with Gasteiger partial charge in [-0.1, -0.05) is 23.9 Å². The Balaban J connectivity index is 2.01. The minimum absolute atomic E-state index is 0.0860. The van der Waals surface area contributed by atoms with E-state index in [-0.39, 0.29) is 16.8 Å². The van der Waals surface area contributed by atoms with Gasteiger partial charge in [-0.25, -0.2) is 0 Å². The third-order valence-electron chi connectivity index (χ3n) is 2.97. The van der Waals surface area contributed by atoms with Crippen LogP contribution in [0.5, 0.6) is 0 Å². The fourth-order valence-corrected chi connectivity index (χ4v) is 2.30. The number of nitrogens with zero attached hydrogens (tertiary/aromatic N) is 3. The van der Waals surface area contributed by atoms with E-state index >= 15 is 0 Å². The van der Waals surface area contributed by atoms with Crippen molar-refractivity contribution in [1.29, 1.82) is 0 Å².